The van der Waals surface area contributed by atoms with Crippen LogP contribution in [-0.4, -0.2) is 54.7 Å². The molecule has 1 aliphatic rings. The lowest BCUT2D eigenvalue weighted by Crippen LogP contribution is -2.44. The van der Waals surface area contributed by atoms with Gasteiger partial charge in [-0.15, -0.1) is 0 Å². The van der Waals surface area contributed by atoms with Gasteiger partial charge < -0.3 is 14.5 Å². The Morgan fingerprint density at radius 3 is 2.42 bits per heavy atom. The molecule has 0 aliphatic carbocycles. The topological polar surface area (TPSA) is 88.0 Å². The van der Waals surface area contributed by atoms with Crippen molar-refractivity contribution in [2.45, 2.75) is 26.4 Å². The molecule has 8 nitrogen and oxygen atoms in total. The number of nitrogens with zero attached hydrogens (tertiary/aromatic N) is 3. The minimum Gasteiger partial charge on any atom is -0.444 e. The number of carbonyl (C=O) groups is 1. The number of hydrogen-bond acceptors (Lipinski definition) is 6. The van der Waals surface area contributed by atoms with Crippen LogP contribution in [-0.2, 0) is 4.74 Å². The number of rotatable bonds is 3. The van der Waals surface area contributed by atoms with Crippen LogP contribution in [0.3, 0.4) is 0 Å². The van der Waals surface area contributed by atoms with Crippen LogP contribution in [0.4, 0.5) is 21.9 Å². The van der Waals surface area contributed by atoms with Crippen LogP contribution in [0, 0.1) is 10.1 Å². The molecule has 1 heterocycles. The van der Waals surface area contributed by atoms with Crippen molar-refractivity contribution in [2.75, 3.05) is 43.4 Å². The van der Waals surface area contributed by atoms with Crippen LogP contribution in [0.15, 0.2) is 18.2 Å². The number of carbonyl (C=O) groups excluding carboxylic acids is 1. The van der Waals surface area contributed by atoms with Gasteiger partial charge in [-0.2, -0.15) is 0 Å². The molecule has 0 aromatic heterocycles. The third-order valence-corrected chi connectivity index (χ3v) is 3.67. The van der Waals surface area contributed by atoms with Gasteiger partial charge in [-0.25, -0.2) is 4.79 Å². The number of nitrogens with one attached hydrogen (secondary N) is 1. The molecule has 0 bridgehead atoms. The summed E-state index contributed by atoms with van der Waals surface area (Å²) >= 11 is 0. The SMILES string of the molecule is CN1CCN(c2ccc([N+](=O)[O-])cc2NC(=O)OC(C)(C)C)CC1. The first kappa shape index (κ1) is 18.0. The van der Waals surface area contributed by atoms with Crippen LogP contribution in [0.1, 0.15) is 20.8 Å². The van der Waals surface area contributed by atoms with Crippen LogP contribution in [0.25, 0.3) is 0 Å². The maximum absolute atomic E-state index is 12.1. The molecule has 1 amide bonds. The Kier molecular flexibility index (Phi) is 5.28. The molecule has 0 saturated carbocycles. The molecule has 1 saturated heterocycles. The van der Waals surface area contributed by atoms with E-state index in [0.29, 0.717) is 5.69 Å². The standard InChI is InChI=1S/C16H24N4O4/c1-16(2,3)24-15(21)17-13-11-12(20(22)23)5-6-14(13)19-9-7-18(4)8-10-19/h5-6,11H,7-10H2,1-4H3,(H,17,21). The monoisotopic (exact) mass is 336 g/mol. The molecule has 0 unspecified atom stereocenters. The van der Waals surface area contributed by atoms with Gasteiger partial charge in [0.15, 0.2) is 0 Å². The molecule has 0 radical (unpaired) electrons. The number of likely N-dealkylation sites (N-methyl/N-ethyl adjacent to an activating group) is 1. The molecular weight excluding hydrogens is 312 g/mol. The Morgan fingerprint density at radius 1 is 1.25 bits per heavy atom. The highest BCUT2D eigenvalue weighted by molar-refractivity contribution is 5.90. The number of nitro groups is 1. The van der Waals surface area contributed by atoms with Crippen molar-refractivity contribution in [1.29, 1.82) is 0 Å². The van der Waals surface area contributed by atoms with E-state index in [4.69, 9.17) is 4.74 Å². The van der Waals surface area contributed by atoms with Crippen LogP contribution >= 0.6 is 0 Å². The third kappa shape index (κ3) is 4.82. The summed E-state index contributed by atoms with van der Waals surface area (Å²) in [5.74, 6) is 0. The van der Waals surface area contributed by atoms with Crippen molar-refractivity contribution in [3.05, 3.63) is 28.3 Å². The second-order valence-electron chi connectivity index (χ2n) is 6.88. The summed E-state index contributed by atoms with van der Waals surface area (Å²) in [4.78, 5) is 26.9. The lowest BCUT2D eigenvalue weighted by Gasteiger charge is -2.35. The normalized spacial score (nSPS) is 15.9. The molecule has 2 rings (SSSR count). The average Bonchev–Trinajstić information content (AvgIpc) is 2.46. The van der Waals surface area contributed by atoms with Crippen molar-refractivity contribution in [2.24, 2.45) is 0 Å². The van der Waals surface area contributed by atoms with Crippen LogP contribution < -0.4 is 10.2 Å². The molecule has 24 heavy (non-hydrogen) atoms. The van der Waals surface area contributed by atoms with E-state index in [1.165, 1.54) is 12.1 Å². The molecular formula is C16H24N4O4. The second kappa shape index (κ2) is 7.04. The van der Waals surface area contributed by atoms with Crippen LogP contribution in [0.5, 0.6) is 0 Å². The summed E-state index contributed by atoms with van der Waals surface area (Å²) in [6.07, 6.45) is -0.627. The van der Waals surface area contributed by atoms with Gasteiger partial charge in [0.1, 0.15) is 5.60 Å². The zero-order chi connectivity index (χ0) is 17.9. The van der Waals surface area contributed by atoms with E-state index in [0.717, 1.165) is 31.9 Å². The van der Waals surface area contributed by atoms with Gasteiger partial charge in [-0.1, -0.05) is 0 Å². The highest BCUT2D eigenvalue weighted by Crippen LogP contribution is 2.31. The molecule has 0 atom stereocenters. The summed E-state index contributed by atoms with van der Waals surface area (Å²) in [7, 11) is 2.05. The van der Waals surface area contributed by atoms with E-state index in [1.807, 2.05) is 7.05 Å². The molecule has 1 aromatic carbocycles. The maximum atomic E-state index is 12.1. The zero-order valence-corrected chi connectivity index (χ0v) is 14.5. The molecule has 1 fully saturated rings. The summed E-state index contributed by atoms with van der Waals surface area (Å²) in [5.41, 5.74) is 0.445. The highest BCUT2D eigenvalue weighted by Gasteiger charge is 2.22. The van der Waals surface area contributed by atoms with Gasteiger partial charge in [-0.05, 0) is 33.9 Å². The van der Waals surface area contributed by atoms with E-state index in [2.05, 4.69) is 15.1 Å². The summed E-state index contributed by atoms with van der Waals surface area (Å²) < 4.78 is 5.25. The van der Waals surface area contributed by atoms with E-state index < -0.39 is 16.6 Å². The number of non-ortho nitro benzene ring substituents is 1. The van der Waals surface area contributed by atoms with Gasteiger partial charge >= 0.3 is 6.09 Å². The Hall–Kier alpha value is -2.35. The number of hydrogen-bond donors (Lipinski definition) is 1. The third-order valence-electron chi connectivity index (χ3n) is 3.67. The largest absolute Gasteiger partial charge is 0.444 e. The van der Waals surface area contributed by atoms with Gasteiger partial charge in [0, 0.05) is 38.3 Å². The highest BCUT2D eigenvalue weighted by atomic mass is 16.6. The van der Waals surface area contributed by atoms with Gasteiger partial charge in [0.25, 0.3) is 5.69 Å². The van der Waals surface area contributed by atoms with Crippen molar-refractivity contribution in [1.82, 2.24) is 4.90 Å². The Labute approximate surface area is 141 Å². The second-order valence-corrected chi connectivity index (χ2v) is 6.88. The van der Waals surface area contributed by atoms with Crippen molar-refractivity contribution < 1.29 is 14.5 Å². The predicted molar refractivity (Wildman–Crippen MR) is 92.7 cm³/mol. The minimum absolute atomic E-state index is 0.0704. The predicted octanol–water partition coefficient (Wildman–Crippen LogP) is 2.69. The van der Waals surface area contributed by atoms with Gasteiger partial charge in [0.05, 0.1) is 16.3 Å². The number of anilines is 2. The average molecular weight is 336 g/mol. The fraction of sp³-hybridized carbons (Fsp3) is 0.562. The van der Waals surface area contributed by atoms with E-state index in [-0.39, 0.29) is 5.69 Å². The summed E-state index contributed by atoms with van der Waals surface area (Å²) in [6.45, 7) is 8.66. The molecule has 0 spiro atoms. The van der Waals surface area contributed by atoms with E-state index >= 15 is 0 Å². The quantitative estimate of drug-likeness (QED) is 0.674. The Bertz CT molecular complexity index is 619. The van der Waals surface area contributed by atoms with Gasteiger partial charge in [0.2, 0.25) is 0 Å². The first-order valence-electron chi connectivity index (χ1n) is 7.87. The van der Waals surface area contributed by atoms with Crippen molar-refractivity contribution in [3.63, 3.8) is 0 Å². The zero-order valence-electron chi connectivity index (χ0n) is 14.5. The summed E-state index contributed by atoms with van der Waals surface area (Å²) in [5, 5.41) is 13.7. The van der Waals surface area contributed by atoms with Crippen molar-refractivity contribution >= 4 is 23.2 Å². The number of ether oxygens (including phenoxy) is 1. The molecule has 132 valence electrons. The molecule has 1 aromatic rings. The molecule has 8 heteroatoms. The van der Waals surface area contributed by atoms with Gasteiger partial charge in [-0.3, -0.25) is 15.4 Å². The first-order chi connectivity index (χ1) is 11.2. The van der Waals surface area contributed by atoms with E-state index in [1.54, 1.807) is 26.8 Å². The molecule has 1 N–H and O–H groups in total. The maximum Gasteiger partial charge on any atom is 0.412 e. The minimum atomic E-state index is -0.640. The lowest BCUT2D eigenvalue weighted by atomic mass is 10.2. The number of amides is 1. The summed E-state index contributed by atoms with van der Waals surface area (Å²) in [6, 6.07) is 4.50. The Morgan fingerprint density at radius 2 is 1.88 bits per heavy atom. The number of nitro benzene ring substituents is 1. The van der Waals surface area contributed by atoms with Crippen molar-refractivity contribution in [3.8, 4) is 0 Å². The fourth-order valence-electron chi connectivity index (χ4n) is 2.47. The fourth-order valence-corrected chi connectivity index (χ4v) is 2.47. The van der Waals surface area contributed by atoms with E-state index in [9.17, 15) is 14.9 Å². The Balaban J connectivity index is 2.26. The smallest absolute Gasteiger partial charge is 0.412 e. The first-order valence-corrected chi connectivity index (χ1v) is 7.87. The number of piperazine rings is 1. The number of benzene rings is 1. The lowest BCUT2D eigenvalue weighted by molar-refractivity contribution is -0.384. The van der Waals surface area contributed by atoms with Crippen LogP contribution in [0.2, 0.25) is 0 Å². The molecule has 1 aliphatic heterocycles.